The molecular formula is C54H98O11Si2. The predicted octanol–water partition coefficient (Wildman–Crippen LogP) is 12.0. The highest BCUT2D eigenvalue weighted by molar-refractivity contribution is 6.74. The first-order valence-electron chi connectivity index (χ1n) is 25.6. The highest BCUT2D eigenvalue weighted by atomic mass is 28.4. The fraction of sp³-hybridized carbons (Fsp3) is 0.852. The van der Waals surface area contributed by atoms with Crippen molar-refractivity contribution >= 4 is 28.6 Å². The summed E-state index contributed by atoms with van der Waals surface area (Å²) in [6, 6.07) is 0. The fourth-order valence-electron chi connectivity index (χ4n) is 10.5. The Hall–Kier alpha value is -1.53. The first-order valence-corrected chi connectivity index (χ1v) is 30.3. The Labute approximate surface area is 410 Å². The Balaban J connectivity index is 1.75. The van der Waals surface area contributed by atoms with E-state index in [2.05, 4.69) is 121 Å². The molecule has 3 heterocycles. The maximum Gasteiger partial charge on any atom is 0.349 e. The Bertz CT molecular complexity index is 1630. The van der Waals surface area contributed by atoms with Crippen LogP contribution in [0.2, 0.25) is 28.2 Å². The largest absolute Gasteiger partial charge is 0.466 e. The second-order valence-corrected chi connectivity index (χ2v) is 33.7. The number of rotatable bonds is 22. The van der Waals surface area contributed by atoms with E-state index in [-0.39, 0.29) is 106 Å². The molecular weight excluding hydrogens is 881 g/mol. The summed E-state index contributed by atoms with van der Waals surface area (Å²) in [4.78, 5) is 25.9. The molecule has 0 saturated carbocycles. The van der Waals surface area contributed by atoms with Crippen LogP contribution in [0.25, 0.3) is 0 Å². The van der Waals surface area contributed by atoms with E-state index in [1.807, 2.05) is 13.8 Å². The smallest absolute Gasteiger partial charge is 0.349 e. The van der Waals surface area contributed by atoms with Crippen molar-refractivity contribution in [1.82, 2.24) is 0 Å². The zero-order valence-electron chi connectivity index (χ0n) is 45.9. The van der Waals surface area contributed by atoms with Crippen LogP contribution in [0.5, 0.6) is 0 Å². The number of carbonyl (C=O) groups is 2. The normalized spacial score (nSPS) is 29.5. The Morgan fingerprint density at radius 3 is 2.07 bits per heavy atom. The quantitative estimate of drug-likeness (QED) is 0.0366. The van der Waals surface area contributed by atoms with Gasteiger partial charge in [-0.05, 0) is 76.4 Å². The van der Waals surface area contributed by atoms with Gasteiger partial charge in [0, 0.05) is 67.4 Å². The minimum atomic E-state index is -3.00. The molecule has 0 radical (unpaired) electrons. The molecule has 1 N–H and O–H groups in total. The van der Waals surface area contributed by atoms with Crippen molar-refractivity contribution in [2.75, 3.05) is 21.3 Å². The molecule has 3 rings (SSSR count). The van der Waals surface area contributed by atoms with Gasteiger partial charge < -0.3 is 42.1 Å². The molecule has 0 aromatic heterocycles. The number of carbonyl (C=O) groups excluding carboxylic acids is 2. The van der Waals surface area contributed by atoms with Gasteiger partial charge in [0.05, 0.1) is 68.1 Å². The molecule has 2 fully saturated rings. The molecule has 11 nitrogen and oxygen atoms in total. The third-order valence-electron chi connectivity index (χ3n) is 15.7. The molecule has 0 spiro atoms. The number of Topliss-reactive ketones (excluding diaryl/α,β-unsaturated/α-hetero) is 1. The van der Waals surface area contributed by atoms with Crippen molar-refractivity contribution in [3.8, 4) is 0 Å². The van der Waals surface area contributed by atoms with Crippen LogP contribution >= 0.6 is 0 Å². The second kappa shape index (κ2) is 25.2. The van der Waals surface area contributed by atoms with E-state index in [1.165, 1.54) is 13.2 Å². The van der Waals surface area contributed by atoms with Gasteiger partial charge in [0.2, 0.25) is 0 Å². The van der Waals surface area contributed by atoms with Gasteiger partial charge >= 0.3 is 14.5 Å². The lowest BCUT2D eigenvalue weighted by Gasteiger charge is -2.59. The molecule has 0 aromatic rings. The highest BCUT2D eigenvalue weighted by Gasteiger charge is 2.64. The minimum absolute atomic E-state index is 0.00951. The summed E-state index contributed by atoms with van der Waals surface area (Å²) in [5.41, 5.74) is 0.957. The van der Waals surface area contributed by atoms with E-state index in [1.54, 1.807) is 20.3 Å². The molecule has 388 valence electrons. The van der Waals surface area contributed by atoms with Gasteiger partial charge in [-0.25, -0.2) is 4.79 Å². The van der Waals surface area contributed by atoms with Gasteiger partial charge in [-0.15, -0.1) is 0 Å². The summed E-state index contributed by atoms with van der Waals surface area (Å²) in [5, 5.41) is 11.6. The van der Waals surface area contributed by atoms with Crippen LogP contribution in [0.4, 0.5) is 0 Å². The van der Waals surface area contributed by atoms with E-state index in [9.17, 15) is 14.7 Å². The number of aliphatic hydroxyl groups is 1. The van der Waals surface area contributed by atoms with Crippen LogP contribution < -0.4 is 0 Å². The number of hydrogen-bond acceptors (Lipinski definition) is 11. The van der Waals surface area contributed by atoms with Crippen molar-refractivity contribution in [3.63, 3.8) is 0 Å². The first kappa shape index (κ1) is 59.8. The van der Waals surface area contributed by atoms with E-state index >= 15 is 0 Å². The van der Waals surface area contributed by atoms with Crippen molar-refractivity contribution in [3.05, 3.63) is 36.0 Å². The minimum Gasteiger partial charge on any atom is -0.466 e. The highest BCUT2D eigenvalue weighted by Crippen LogP contribution is 2.57. The van der Waals surface area contributed by atoms with E-state index in [4.69, 9.17) is 37.0 Å². The van der Waals surface area contributed by atoms with Crippen molar-refractivity contribution in [2.24, 2.45) is 23.7 Å². The molecule has 3 aliphatic rings. The summed E-state index contributed by atoms with van der Waals surface area (Å²) in [6.07, 6.45) is 14.4. The summed E-state index contributed by atoms with van der Waals surface area (Å²) in [6.45, 7) is 37.3. The fourth-order valence-corrected chi connectivity index (χ4v) is 17.3. The predicted molar refractivity (Wildman–Crippen MR) is 275 cm³/mol. The summed E-state index contributed by atoms with van der Waals surface area (Å²) < 4.78 is 51.5. The number of allylic oxidation sites excluding steroid dienone is 2. The Morgan fingerprint density at radius 2 is 1.51 bits per heavy atom. The van der Waals surface area contributed by atoms with Crippen LogP contribution in [0.15, 0.2) is 36.0 Å². The van der Waals surface area contributed by atoms with Crippen molar-refractivity contribution < 1.29 is 51.7 Å². The van der Waals surface area contributed by atoms with Gasteiger partial charge in [-0.2, -0.15) is 0 Å². The van der Waals surface area contributed by atoms with E-state index in [0.717, 1.165) is 31.3 Å². The molecule has 67 heavy (non-hydrogen) atoms. The maximum absolute atomic E-state index is 14.2. The van der Waals surface area contributed by atoms with Gasteiger partial charge in [0.15, 0.2) is 8.32 Å². The average Bonchev–Trinajstić information content (AvgIpc) is 3.23. The number of hydrogen-bond donors (Lipinski definition) is 1. The number of ether oxygens (including phenoxy) is 5. The number of ketones is 1. The molecule has 0 aromatic carbocycles. The average molecular weight is 980 g/mol. The van der Waals surface area contributed by atoms with Gasteiger partial charge in [-0.1, -0.05) is 120 Å². The second-order valence-electron chi connectivity index (χ2n) is 24.2. The number of aliphatic hydroxyl groups excluding tert-OH is 1. The summed E-state index contributed by atoms with van der Waals surface area (Å²) in [5.74, 6) is -0.980. The first-order chi connectivity index (χ1) is 30.9. The third kappa shape index (κ3) is 16.5. The molecule has 0 unspecified atom stereocenters. The molecule has 2 saturated heterocycles. The lowest BCUT2D eigenvalue weighted by Crippen LogP contribution is -2.68. The third-order valence-corrected chi connectivity index (χ3v) is 25.4. The molecule has 0 amide bonds. The van der Waals surface area contributed by atoms with Crippen molar-refractivity contribution in [2.45, 2.75) is 251 Å². The van der Waals surface area contributed by atoms with Gasteiger partial charge in [-0.3, -0.25) is 4.79 Å². The number of methoxy groups -OCH3 is 3. The van der Waals surface area contributed by atoms with Crippen LogP contribution in [0.3, 0.4) is 0 Å². The standard InChI is InChI=1S/C54H98O11Si2/c1-35(25-29-49(57)60-18)24-27-44(63-66(19,20)52(7,8)9)31-41-22-21-23-42(62-41)33-48(59-17)38(4)46(55)34-47(56)39(5)51-40(6)50(64-67(65-51,53(10,11)12)54(13,14)15)36(2)26-28-43-32-45(58-16)30-37(3)61-43/h21-22,24-25,29,36-45,47-48,50-51,56H,23,26-28,30-34H2,1-20H3/b29-25+,35-24+/t36-,37-,38-,39-,40-,41-,42-,43-,44-,45+,47+,48-,50-,51-/m0/s1. The molecule has 0 bridgehead atoms. The van der Waals surface area contributed by atoms with Crippen LogP contribution in [-0.4, -0.2) is 116 Å². The lowest BCUT2D eigenvalue weighted by molar-refractivity contribution is -0.137. The summed E-state index contributed by atoms with van der Waals surface area (Å²) >= 11 is 0. The molecule has 3 aliphatic heterocycles. The lowest BCUT2D eigenvalue weighted by atomic mass is 9.79. The van der Waals surface area contributed by atoms with E-state index in [0.29, 0.717) is 25.7 Å². The van der Waals surface area contributed by atoms with Crippen molar-refractivity contribution in [1.29, 1.82) is 0 Å². The Kier molecular flexibility index (Phi) is 22.5. The zero-order chi connectivity index (χ0) is 50.9. The maximum atomic E-state index is 14.2. The molecule has 0 aliphatic carbocycles. The monoisotopic (exact) mass is 979 g/mol. The van der Waals surface area contributed by atoms with E-state index < -0.39 is 28.9 Å². The number of esters is 1. The SMILES string of the molecule is COC(=O)/C=C/C(C)=C/C[C@@H](C[C@@H]1C=CC[C@@H](C[C@H](OC)[C@@H](C)C(=O)C[C@@H](O)[C@H](C)[C@@H]2O[Si](C(C)(C)C)(C(C)(C)C)O[C@@H]([C@@H](C)CC[C@H]3C[C@H](OC)C[C@H](C)O3)[C@@H]2C)O1)O[Si](C)(C)C(C)(C)C. The van der Waals surface area contributed by atoms with Gasteiger partial charge in [0.1, 0.15) is 5.78 Å². The zero-order valence-corrected chi connectivity index (χ0v) is 47.9. The molecule has 13 heteroatoms. The molecule has 14 atom stereocenters. The topological polar surface area (TPSA) is 128 Å². The van der Waals surface area contributed by atoms with Crippen LogP contribution in [0.1, 0.15) is 162 Å². The van der Waals surface area contributed by atoms with Crippen LogP contribution in [0, 0.1) is 23.7 Å². The summed E-state index contributed by atoms with van der Waals surface area (Å²) in [7, 11) is -0.298. The van der Waals surface area contributed by atoms with Crippen LogP contribution in [-0.2, 0) is 46.6 Å². The Morgan fingerprint density at radius 1 is 0.881 bits per heavy atom. The van der Waals surface area contributed by atoms with Gasteiger partial charge in [0.25, 0.3) is 0 Å².